The van der Waals surface area contributed by atoms with E-state index in [4.69, 9.17) is 9.47 Å². The number of aryl methyl sites for hydroxylation is 2. The van der Waals surface area contributed by atoms with E-state index in [9.17, 15) is 9.59 Å². The largest absolute Gasteiger partial charge is 0.489 e. The third-order valence-electron chi connectivity index (χ3n) is 5.66. The van der Waals surface area contributed by atoms with Crippen molar-refractivity contribution in [2.75, 3.05) is 18.5 Å². The highest BCUT2D eigenvalue weighted by Gasteiger charge is 2.16. The minimum Gasteiger partial charge on any atom is -0.489 e. The highest BCUT2D eigenvalue weighted by Crippen LogP contribution is 2.25. The molecule has 4 rings (SSSR count). The van der Waals surface area contributed by atoms with Crippen LogP contribution in [0.4, 0.5) is 5.69 Å². The predicted octanol–water partition coefficient (Wildman–Crippen LogP) is 3.80. The molecule has 1 amide bonds. The van der Waals surface area contributed by atoms with E-state index in [-0.39, 0.29) is 24.1 Å². The van der Waals surface area contributed by atoms with Crippen molar-refractivity contribution in [1.29, 1.82) is 0 Å². The molecule has 0 aliphatic carbocycles. The van der Waals surface area contributed by atoms with Crippen LogP contribution in [0.15, 0.2) is 53.3 Å². The summed E-state index contributed by atoms with van der Waals surface area (Å²) in [7, 11) is 0. The van der Waals surface area contributed by atoms with Gasteiger partial charge in [-0.1, -0.05) is 24.3 Å². The van der Waals surface area contributed by atoms with Crippen molar-refractivity contribution >= 4 is 22.6 Å². The predicted molar refractivity (Wildman–Crippen MR) is 121 cm³/mol. The fourth-order valence-corrected chi connectivity index (χ4v) is 4.04. The summed E-state index contributed by atoms with van der Waals surface area (Å²) in [6, 6.07) is 15.1. The number of carbonyl (C=O) groups is 1. The molecule has 0 bridgehead atoms. The van der Waals surface area contributed by atoms with E-state index >= 15 is 0 Å². The van der Waals surface area contributed by atoms with Crippen LogP contribution < -0.4 is 15.7 Å². The number of para-hydroxylation sites is 4. The molecule has 3 aromatic rings. The first-order valence-corrected chi connectivity index (χ1v) is 11.0. The van der Waals surface area contributed by atoms with Crippen LogP contribution >= 0.6 is 0 Å². The minimum atomic E-state index is -0.162. The summed E-state index contributed by atoms with van der Waals surface area (Å²) >= 11 is 0. The molecule has 1 fully saturated rings. The second-order valence-corrected chi connectivity index (χ2v) is 7.76. The lowest BCUT2D eigenvalue weighted by Gasteiger charge is -2.23. The van der Waals surface area contributed by atoms with Gasteiger partial charge in [0.1, 0.15) is 12.4 Å². The summed E-state index contributed by atoms with van der Waals surface area (Å²) in [5.74, 6) is 0.468. The molecule has 31 heavy (non-hydrogen) atoms. The van der Waals surface area contributed by atoms with Gasteiger partial charge in [0.25, 0.3) is 0 Å². The van der Waals surface area contributed by atoms with Gasteiger partial charge in [0.2, 0.25) is 5.91 Å². The maximum Gasteiger partial charge on any atom is 0.329 e. The Hall–Kier alpha value is -3.06. The molecule has 1 aliphatic heterocycles. The Kier molecular flexibility index (Phi) is 6.72. The SMILES string of the molecule is CCn1c(=O)n(CCC(=O)Nc2ccccc2OCC2CCCCO2)c2ccccc21. The van der Waals surface area contributed by atoms with Gasteiger partial charge < -0.3 is 14.8 Å². The smallest absolute Gasteiger partial charge is 0.329 e. The summed E-state index contributed by atoms with van der Waals surface area (Å²) in [5, 5.41) is 2.93. The molecular weight excluding hydrogens is 394 g/mol. The zero-order valence-corrected chi connectivity index (χ0v) is 17.9. The number of fused-ring (bicyclic) bond motifs is 1. The van der Waals surface area contributed by atoms with Crippen molar-refractivity contribution in [3.8, 4) is 5.75 Å². The summed E-state index contributed by atoms with van der Waals surface area (Å²) in [4.78, 5) is 25.4. The molecule has 0 spiro atoms. The van der Waals surface area contributed by atoms with Gasteiger partial charge in [0.05, 0.1) is 22.8 Å². The summed E-state index contributed by atoms with van der Waals surface area (Å²) < 4.78 is 15.0. The molecule has 164 valence electrons. The number of rotatable bonds is 8. The van der Waals surface area contributed by atoms with Gasteiger partial charge in [-0.2, -0.15) is 0 Å². The number of carbonyl (C=O) groups excluding carboxylic acids is 1. The first kappa shape index (κ1) is 21.2. The van der Waals surface area contributed by atoms with Crippen LogP contribution in [-0.2, 0) is 22.6 Å². The first-order chi connectivity index (χ1) is 15.2. The van der Waals surface area contributed by atoms with E-state index in [2.05, 4.69) is 5.32 Å². The van der Waals surface area contributed by atoms with Crippen molar-refractivity contribution in [1.82, 2.24) is 9.13 Å². The van der Waals surface area contributed by atoms with Gasteiger partial charge in [-0.05, 0) is 50.5 Å². The molecule has 1 saturated heterocycles. The van der Waals surface area contributed by atoms with Crippen LogP contribution in [0.3, 0.4) is 0 Å². The van der Waals surface area contributed by atoms with E-state index in [1.807, 2.05) is 55.5 Å². The molecule has 0 saturated carbocycles. The Morgan fingerprint density at radius 3 is 2.58 bits per heavy atom. The van der Waals surface area contributed by atoms with E-state index < -0.39 is 0 Å². The van der Waals surface area contributed by atoms with Gasteiger partial charge in [0, 0.05) is 26.1 Å². The maximum absolute atomic E-state index is 12.7. The van der Waals surface area contributed by atoms with Gasteiger partial charge in [0.15, 0.2) is 0 Å². The van der Waals surface area contributed by atoms with Crippen LogP contribution in [-0.4, -0.2) is 34.4 Å². The summed E-state index contributed by atoms with van der Waals surface area (Å²) in [6.07, 6.45) is 3.54. The zero-order valence-electron chi connectivity index (χ0n) is 17.9. The molecule has 1 atom stereocenters. The quantitative estimate of drug-likeness (QED) is 0.598. The highest BCUT2D eigenvalue weighted by atomic mass is 16.5. The molecule has 7 heteroatoms. The average molecular weight is 424 g/mol. The molecule has 1 unspecified atom stereocenters. The topological polar surface area (TPSA) is 74.5 Å². The van der Waals surface area contributed by atoms with Gasteiger partial charge in [-0.15, -0.1) is 0 Å². The number of hydrogen-bond acceptors (Lipinski definition) is 4. The molecule has 2 heterocycles. The van der Waals surface area contributed by atoms with Crippen molar-refractivity contribution in [3.63, 3.8) is 0 Å². The number of hydrogen-bond donors (Lipinski definition) is 1. The molecule has 0 radical (unpaired) electrons. The van der Waals surface area contributed by atoms with E-state index in [1.54, 1.807) is 9.13 Å². The van der Waals surface area contributed by atoms with E-state index in [0.717, 1.165) is 36.9 Å². The Balaban J connectivity index is 1.40. The van der Waals surface area contributed by atoms with Gasteiger partial charge in [-0.3, -0.25) is 13.9 Å². The van der Waals surface area contributed by atoms with Crippen molar-refractivity contribution in [2.45, 2.75) is 51.8 Å². The Morgan fingerprint density at radius 1 is 1.10 bits per heavy atom. The number of ether oxygens (including phenoxy) is 2. The van der Waals surface area contributed by atoms with Crippen LogP contribution in [0.5, 0.6) is 5.75 Å². The van der Waals surface area contributed by atoms with Crippen LogP contribution in [0.2, 0.25) is 0 Å². The fourth-order valence-electron chi connectivity index (χ4n) is 4.04. The monoisotopic (exact) mass is 423 g/mol. The van der Waals surface area contributed by atoms with Crippen molar-refractivity contribution in [2.24, 2.45) is 0 Å². The highest BCUT2D eigenvalue weighted by molar-refractivity contribution is 5.92. The lowest BCUT2D eigenvalue weighted by atomic mass is 10.1. The normalized spacial score (nSPS) is 16.4. The molecule has 2 aromatic carbocycles. The number of benzene rings is 2. The van der Waals surface area contributed by atoms with Gasteiger partial charge >= 0.3 is 5.69 Å². The maximum atomic E-state index is 12.7. The molecular formula is C24H29N3O4. The van der Waals surface area contributed by atoms with Crippen molar-refractivity contribution < 1.29 is 14.3 Å². The summed E-state index contributed by atoms with van der Waals surface area (Å²) in [5.41, 5.74) is 2.27. The standard InChI is InChI=1S/C24H29N3O4/c1-2-26-20-11-4-5-12-21(20)27(24(26)29)15-14-23(28)25-19-10-3-6-13-22(19)31-17-18-9-7-8-16-30-18/h3-6,10-13,18H,2,7-9,14-17H2,1H3,(H,25,28). The van der Waals surface area contributed by atoms with E-state index in [0.29, 0.717) is 31.1 Å². The van der Waals surface area contributed by atoms with Crippen LogP contribution in [0.1, 0.15) is 32.6 Å². The number of imidazole rings is 1. The number of nitrogens with zero attached hydrogens (tertiary/aromatic N) is 2. The lowest BCUT2D eigenvalue weighted by molar-refractivity contribution is -0.116. The Bertz CT molecular complexity index is 1100. The fraction of sp³-hybridized carbons (Fsp3) is 0.417. The van der Waals surface area contributed by atoms with Crippen LogP contribution in [0, 0.1) is 0 Å². The number of aromatic nitrogens is 2. The average Bonchev–Trinajstić information content (AvgIpc) is 3.08. The van der Waals surface area contributed by atoms with Crippen molar-refractivity contribution in [3.05, 3.63) is 59.0 Å². The summed E-state index contributed by atoms with van der Waals surface area (Å²) in [6.45, 7) is 4.10. The minimum absolute atomic E-state index is 0.0901. The Morgan fingerprint density at radius 2 is 1.84 bits per heavy atom. The van der Waals surface area contributed by atoms with Crippen LogP contribution in [0.25, 0.3) is 11.0 Å². The van der Waals surface area contributed by atoms with Gasteiger partial charge in [-0.25, -0.2) is 4.79 Å². The third-order valence-corrected chi connectivity index (χ3v) is 5.66. The second kappa shape index (κ2) is 9.83. The number of nitrogens with one attached hydrogen (secondary N) is 1. The van der Waals surface area contributed by atoms with E-state index in [1.165, 1.54) is 0 Å². The third kappa shape index (κ3) is 4.82. The first-order valence-electron chi connectivity index (χ1n) is 11.0. The number of amides is 1. The molecule has 7 nitrogen and oxygen atoms in total. The number of anilines is 1. The second-order valence-electron chi connectivity index (χ2n) is 7.76. The zero-order chi connectivity index (χ0) is 21.6. The molecule has 1 aromatic heterocycles. The molecule has 1 aliphatic rings. The Labute approximate surface area is 181 Å². The molecule has 1 N–H and O–H groups in total. The lowest BCUT2D eigenvalue weighted by Crippen LogP contribution is -2.26.